The van der Waals surface area contributed by atoms with Crippen molar-refractivity contribution in [3.63, 3.8) is 0 Å². The Bertz CT molecular complexity index is 951. The molecule has 8 heteroatoms. The van der Waals surface area contributed by atoms with E-state index in [1.165, 1.54) is 19.2 Å². The van der Waals surface area contributed by atoms with Crippen LogP contribution in [0, 0.1) is 0 Å². The fourth-order valence-electron chi connectivity index (χ4n) is 2.47. The average molecular weight is 358 g/mol. The number of halogens is 2. The highest BCUT2D eigenvalue weighted by molar-refractivity contribution is 6.05. The molecule has 0 fully saturated rings. The lowest BCUT2D eigenvalue weighted by Crippen LogP contribution is -2.19. The maximum absolute atomic E-state index is 12.9. The zero-order chi connectivity index (χ0) is 18.7. The molecule has 0 radical (unpaired) electrons. The highest BCUT2D eigenvalue weighted by atomic mass is 19.3. The molecule has 26 heavy (non-hydrogen) atoms. The summed E-state index contributed by atoms with van der Waals surface area (Å²) in [6, 6.07) is 11.4. The second-order valence-electron chi connectivity index (χ2n) is 5.70. The van der Waals surface area contributed by atoms with Crippen LogP contribution in [0.2, 0.25) is 0 Å². The van der Waals surface area contributed by atoms with Crippen LogP contribution < -0.4 is 10.6 Å². The number of nitrogens with one attached hydrogen (secondary N) is 2. The number of anilines is 1. The summed E-state index contributed by atoms with van der Waals surface area (Å²) in [4.78, 5) is 23.2. The Hall–Kier alpha value is -3.29. The minimum absolute atomic E-state index is 0.134. The first-order valence-electron chi connectivity index (χ1n) is 7.84. The molecule has 0 saturated carbocycles. The molecule has 134 valence electrons. The van der Waals surface area contributed by atoms with Gasteiger partial charge in [0, 0.05) is 30.1 Å². The van der Waals surface area contributed by atoms with Crippen molar-refractivity contribution < 1.29 is 18.4 Å². The maximum atomic E-state index is 12.9. The van der Waals surface area contributed by atoms with Gasteiger partial charge in [-0.05, 0) is 35.9 Å². The molecule has 1 heterocycles. The van der Waals surface area contributed by atoms with Gasteiger partial charge in [-0.2, -0.15) is 13.9 Å². The first-order valence-corrected chi connectivity index (χ1v) is 7.84. The SMILES string of the molecule is CC(=O)NCc1ccc(C(=O)Nc2ccc3cnn(C(F)F)c3c2)cc1. The standard InChI is InChI=1S/C18H16F2N4O2/c1-11(25)21-9-12-2-4-13(5-3-12)17(26)23-15-7-6-14-10-22-24(18(19)20)16(14)8-15/h2-8,10,18H,9H2,1H3,(H,21,25)(H,23,26). The van der Waals surface area contributed by atoms with Gasteiger partial charge in [-0.15, -0.1) is 0 Å². The minimum atomic E-state index is -2.75. The van der Waals surface area contributed by atoms with E-state index in [2.05, 4.69) is 15.7 Å². The molecule has 0 spiro atoms. The van der Waals surface area contributed by atoms with Crippen molar-refractivity contribution in [3.8, 4) is 0 Å². The van der Waals surface area contributed by atoms with Crippen molar-refractivity contribution in [2.24, 2.45) is 0 Å². The largest absolute Gasteiger partial charge is 0.352 e. The molecular weight excluding hydrogens is 342 g/mol. The molecule has 0 unspecified atom stereocenters. The van der Waals surface area contributed by atoms with Gasteiger partial charge in [-0.25, -0.2) is 4.68 Å². The Balaban J connectivity index is 1.74. The van der Waals surface area contributed by atoms with E-state index in [-0.39, 0.29) is 17.3 Å². The van der Waals surface area contributed by atoms with Crippen molar-refractivity contribution in [2.75, 3.05) is 5.32 Å². The third-order valence-corrected chi connectivity index (χ3v) is 3.80. The lowest BCUT2D eigenvalue weighted by Gasteiger charge is -2.08. The Labute approximate surface area is 147 Å². The summed E-state index contributed by atoms with van der Waals surface area (Å²) in [6.45, 7) is -0.945. The first kappa shape index (κ1) is 17.5. The number of carbonyl (C=O) groups excluding carboxylic acids is 2. The van der Waals surface area contributed by atoms with Crippen molar-refractivity contribution in [3.05, 3.63) is 59.8 Å². The fraction of sp³-hybridized carbons (Fsp3) is 0.167. The number of amides is 2. The van der Waals surface area contributed by atoms with Crippen molar-refractivity contribution in [1.29, 1.82) is 0 Å². The highest BCUT2D eigenvalue weighted by Gasteiger charge is 2.13. The number of aromatic nitrogens is 2. The monoisotopic (exact) mass is 358 g/mol. The van der Waals surface area contributed by atoms with Crippen molar-refractivity contribution in [1.82, 2.24) is 15.1 Å². The lowest BCUT2D eigenvalue weighted by molar-refractivity contribution is -0.119. The topological polar surface area (TPSA) is 76.0 Å². The summed E-state index contributed by atoms with van der Waals surface area (Å²) in [5, 5.41) is 9.55. The summed E-state index contributed by atoms with van der Waals surface area (Å²) < 4.78 is 26.5. The van der Waals surface area contributed by atoms with Crippen LogP contribution in [-0.4, -0.2) is 21.6 Å². The van der Waals surface area contributed by atoms with Gasteiger partial charge in [0.05, 0.1) is 11.7 Å². The van der Waals surface area contributed by atoms with E-state index in [4.69, 9.17) is 0 Å². The Morgan fingerprint density at radius 2 is 1.88 bits per heavy atom. The second kappa shape index (κ2) is 7.30. The van der Waals surface area contributed by atoms with E-state index >= 15 is 0 Å². The number of hydrogen-bond donors (Lipinski definition) is 2. The Kier molecular flexibility index (Phi) is 4.92. The first-order chi connectivity index (χ1) is 12.4. The summed E-state index contributed by atoms with van der Waals surface area (Å²) in [5.41, 5.74) is 1.91. The average Bonchev–Trinajstić information content (AvgIpc) is 3.03. The number of alkyl halides is 2. The molecule has 0 bridgehead atoms. The summed E-state index contributed by atoms with van der Waals surface area (Å²) in [7, 11) is 0. The van der Waals surface area contributed by atoms with Crippen molar-refractivity contribution in [2.45, 2.75) is 20.0 Å². The molecule has 0 saturated heterocycles. The minimum Gasteiger partial charge on any atom is -0.352 e. The number of rotatable bonds is 5. The quantitative estimate of drug-likeness (QED) is 0.735. The molecule has 2 N–H and O–H groups in total. The van der Waals surface area contributed by atoms with Crippen LogP contribution in [0.1, 0.15) is 29.4 Å². The summed E-state index contributed by atoms with van der Waals surface area (Å²) >= 11 is 0. The van der Waals surface area contributed by atoms with Gasteiger partial charge in [-0.1, -0.05) is 12.1 Å². The zero-order valence-electron chi connectivity index (χ0n) is 13.9. The van der Waals surface area contributed by atoms with E-state index < -0.39 is 6.55 Å². The van der Waals surface area contributed by atoms with Crippen LogP contribution in [-0.2, 0) is 11.3 Å². The van der Waals surface area contributed by atoms with Gasteiger partial charge in [0.1, 0.15) is 0 Å². The van der Waals surface area contributed by atoms with Crippen LogP contribution in [0.5, 0.6) is 0 Å². The molecule has 0 aliphatic heterocycles. The van der Waals surface area contributed by atoms with Crippen LogP contribution in [0.15, 0.2) is 48.7 Å². The summed E-state index contributed by atoms with van der Waals surface area (Å²) in [6.07, 6.45) is 1.35. The molecule has 3 aromatic rings. The summed E-state index contributed by atoms with van der Waals surface area (Å²) in [5.74, 6) is -0.496. The van der Waals surface area contributed by atoms with Gasteiger partial charge in [0.15, 0.2) is 0 Å². The third kappa shape index (κ3) is 3.85. The lowest BCUT2D eigenvalue weighted by atomic mass is 10.1. The van der Waals surface area contributed by atoms with Gasteiger partial charge < -0.3 is 10.6 Å². The van der Waals surface area contributed by atoms with E-state index in [9.17, 15) is 18.4 Å². The van der Waals surface area contributed by atoms with Crippen LogP contribution >= 0.6 is 0 Å². The molecule has 2 aromatic carbocycles. The highest BCUT2D eigenvalue weighted by Crippen LogP contribution is 2.23. The number of hydrogen-bond acceptors (Lipinski definition) is 3. The van der Waals surface area contributed by atoms with Crippen LogP contribution in [0.25, 0.3) is 10.9 Å². The Morgan fingerprint density at radius 1 is 1.15 bits per heavy atom. The third-order valence-electron chi connectivity index (χ3n) is 3.80. The molecule has 0 aliphatic carbocycles. The van der Waals surface area contributed by atoms with E-state index in [0.717, 1.165) is 5.56 Å². The van der Waals surface area contributed by atoms with Gasteiger partial charge in [0.25, 0.3) is 5.91 Å². The van der Waals surface area contributed by atoms with Crippen LogP contribution in [0.4, 0.5) is 14.5 Å². The molecule has 6 nitrogen and oxygen atoms in total. The molecule has 0 aliphatic rings. The van der Waals surface area contributed by atoms with Gasteiger partial charge in [0.2, 0.25) is 5.91 Å². The normalized spacial score (nSPS) is 10.9. The Morgan fingerprint density at radius 3 is 2.54 bits per heavy atom. The van der Waals surface area contributed by atoms with E-state index in [1.54, 1.807) is 36.4 Å². The van der Waals surface area contributed by atoms with Gasteiger partial charge >= 0.3 is 6.55 Å². The second-order valence-corrected chi connectivity index (χ2v) is 5.70. The number of carbonyl (C=O) groups is 2. The smallest absolute Gasteiger partial charge is 0.333 e. The molecular formula is C18H16F2N4O2. The predicted octanol–water partition coefficient (Wildman–Crippen LogP) is 3.32. The molecule has 2 amide bonds. The van der Waals surface area contributed by atoms with Crippen molar-refractivity contribution >= 4 is 28.4 Å². The molecule has 3 rings (SSSR count). The number of fused-ring (bicyclic) bond motifs is 1. The molecule has 0 atom stereocenters. The van der Waals surface area contributed by atoms with E-state index in [0.29, 0.717) is 27.9 Å². The fourth-order valence-corrected chi connectivity index (χ4v) is 2.47. The van der Waals surface area contributed by atoms with Gasteiger partial charge in [-0.3, -0.25) is 9.59 Å². The number of benzene rings is 2. The van der Waals surface area contributed by atoms with E-state index in [1.807, 2.05) is 0 Å². The predicted molar refractivity (Wildman–Crippen MR) is 92.9 cm³/mol. The maximum Gasteiger partial charge on any atom is 0.333 e. The molecule has 1 aromatic heterocycles. The number of nitrogens with zero attached hydrogens (tertiary/aromatic N) is 2. The zero-order valence-corrected chi connectivity index (χ0v) is 13.9. The van der Waals surface area contributed by atoms with Crippen LogP contribution in [0.3, 0.4) is 0 Å².